The van der Waals surface area contributed by atoms with E-state index < -0.39 is 0 Å². The summed E-state index contributed by atoms with van der Waals surface area (Å²) in [7, 11) is 1.69. The number of fused-ring (bicyclic) bond motifs is 1. The van der Waals surface area contributed by atoms with Crippen LogP contribution in [0.4, 0.5) is 0 Å². The summed E-state index contributed by atoms with van der Waals surface area (Å²) in [6, 6.07) is 0. The van der Waals surface area contributed by atoms with E-state index in [-0.39, 0.29) is 5.56 Å². The predicted molar refractivity (Wildman–Crippen MR) is 47.7 cm³/mol. The number of nitrogens with zero attached hydrogens (tertiary/aromatic N) is 4. The van der Waals surface area contributed by atoms with Crippen LogP contribution in [0, 0.1) is 13.8 Å². The van der Waals surface area contributed by atoms with Crippen LogP contribution in [-0.2, 0) is 7.05 Å². The van der Waals surface area contributed by atoms with Crippen molar-refractivity contribution in [3.8, 4) is 0 Å². The van der Waals surface area contributed by atoms with Gasteiger partial charge in [0.05, 0.1) is 0 Å². The van der Waals surface area contributed by atoms with E-state index in [0.29, 0.717) is 17.2 Å². The molecule has 0 atom stereocenters. The van der Waals surface area contributed by atoms with Gasteiger partial charge < -0.3 is 0 Å². The molecule has 5 nitrogen and oxygen atoms in total. The van der Waals surface area contributed by atoms with Crippen LogP contribution in [0.2, 0.25) is 0 Å². The summed E-state index contributed by atoms with van der Waals surface area (Å²) in [6.45, 7) is 3.56. The fourth-order valence-corrected chi connectivity index (χ4v) is 1.33. The second-order valence-corrected chi connectivity index (χ2v) is 3.08. The molecule has 0 aliphatic heterocycles. The monoisotopic (exact) mass is 178 g/mol. The lowest BCUT2D eigenvalue weighted by Crippen LogP contribution is -2.21. The Kier molecular flexibility index (Phi) is 1.48. The predicted octanol–water partition coefficient (Wildman–Crippen LogP) is 0.0448. The van der Waals surface area contributed by atoms with Crippen LogP contribution < -0.4 is 5.56 Å². The molecule has 0 spiro atoms. The van der Waals surface area contributed by atoms with Crippen molar-refractivity contribution >= 4 is 5.78 Å². The minimum Gasteiger partial charge on any atom is -0.280 e. The molecule has 0 fully saturated rings. The number of rotatable bonds is 0. The number of hydrogen-bond donors (Lipinski definition) is 0. The molecule has 13 heavy (non-hydrogen) atoms. The van der Waals surface area contributed by atoms with Gasteiger partial charge in [0.25, 0.3) is 5.56 Å². The van der Waals surface area contributed by atoms with Gasteiger partial charge in [0.2, 0.25) is 5.78 Å². The molecule has 68 valence electrons. The van der Waals surface area contributed by atoms with Crippen LogP contribution in [0.1, 0.15) is 11.4 Å². The molecule has 0 aromatic carbocycles. The van der Waals surface area contributed by atoms with Gasteiger partial charge in [0, 0.05) is 18.8 Å². The molecule has 5 heteroatoms. The van der Waals surface area contributed by atoms with E-state index in [1.807, 2.05) is 0 Å². The minimum atomic E-state index is -0.0279. The Balaban J connectivity index is 3.01. The minimum absolute atomic E-state index is 0.0279. The summed E-state index contributed by atoms with van der Waals surface area (Å²) in [5, 5.41) is 4.12. The fourth-order valence-electron chi connectivity index (χ4n) is 1.33. The smallest absolute Gasteiger partial charge is 0.257 e. The Morgan fingerprint density at radius 2 is 2.08 bits per heavy atom. The Hall–Kier alpha value is -1.65. The maximum absolute atomic E-state index is 11.5. The van der Waals surface area contributed by atoms with Crippen molar-refractivity contribution in [3.05, 3.63) is 27.9 Å². The Morgan fingerprint density at radius 1 is 1.38 bits per heavy atom. The highest BCUT2D eigenvalue weighted by Crippen LogP contribution is 1.97. The van der Waals surface area contributed by atoms with Gasteiger partial charge in [-0.1, -0.05) is 0 Å². The largest absolute Gasteiger partial charge is 0.280 e. The van der Waals surface area contributed by atoms with Crippen molar-refractivity contribution < 1.29 is 0 Å². The molecule has 0 N–H and O–H groups in total. The van der Waals surface area contributed by atoms with Gasteiger partial charge in [-0.3, -0.25) is 9.36 Å². The van der Waals surface area contributed by atoms with Crippen molar-refractivity contribution in [1.29, 1.82) is 0 Å². The molecule has 0 aliphatic carbocycles. The van der Waals surface area contributed by atoms with Crippen LogP contribution in [0.3, 0.4) is 0 Å². The summed E-state index contributed by atoms with van der Waals surface area (Å²) in [6.07, 6.45) is 1.69. The molecule has 2 heterocycles. The number of aromatic nitrogens is 4. The van der Waals surface area contributed by atoms with Crippen molar-refractivity contribution in [2.45, 2.75) is 13.8 Å². The molecular weight excluding hydrogens is 168 g/mol. The zero-order valence-corrected chi connectivity index (χ0v) is 7.77. The Bertz CT molecular complexity index is 523. The van der Waals surface area contributed by atoms with Crippen molar-refractivity contribution in [2.24, 2.45) is 7.05 Å². The summed E-state index contributed by atoms with van der Waals surface area (Å²) in [4.78, 5) is 15.6. The van der Waals surface area contributed by atoms with Gasteiger partial charge >= 0.3 is 0 Å². The normalized spacial score (nSPS) is 11.0. The van der Waals surface area contributed by atoms with Gasteiger partial charge in [-0.05, 0) is 13.8 Å². The average Bonchev–Trinajstić information content (AvgIpc) is 2.42. The van der Waals surface area contributed by atoms with Crippen molar-refractivity contribution in [1.82, 2.24) is 19.2 Å². The van der Waals surface area contributed by atoms with Crippen molar-refractivity contribution in [2.75, 3.05) is 0 Å². The Morgan fingerprint density at radius 3 is 2.77 bits per heavy atom. The topological polar surface area (TPSA) is 52.2 Å². The van der Waals surface area contributed by atoms with E-state index in [2.05, 4.69) is 10.1 Å². The van der Waals surface area contributed by atoms with Gasteiger partial charge in [-0.25, -0.2) is 4.52 Å². The van der Waals surface area contributed by atoms with E-state index in [0.717, 1.165) is 0 Å². The third kappa shape index (κ3) is 1.04. The van der Waals surface area contributed by atoms with Gasteiger partial charge in [-0.2, -0.15) is 10.1 Å². The molecule has 2 rings (SSSR count). The third-order valence-electron chi connectivity index (χ3n) is 1.98. The van der Waals surface area contributed by atoms with E-state index in [4.69, 9.17) is 0 Å². The molecule has 0 saturated carbocycles. The summed E-state index contributed by atoms with van der Waals surface area (Å²) >= 11 is 0. The average molecular weight is 178 g/mol. The van der Waals surface area contributed by atoms with Crippen LogP contribution in [-0.4, -0.2) is 19.2 Å². The maximum Gasteiger partial charge on any atom is 0.257 e. The first kappa shape index (κ1) is 7.97. The van der Waals surface area contributed by atoms with E-state index in [1.165, 1.54) is 4.57 Å². The number of aryl methyl sites for hydroxylation is 3. The third-order valence-corrected chi connectivity index (χ3v) is 1.98. The molecule has 0 aliphatic rings. The first-order valence-electron chi connectivity index (χ1n) is 3.99. The summed E-state index contributed by atoms with van der Waals surface area (Å²) in [5.41, 5.74) is 0.639. The number of hydrogen-bond acceptors (Lipinski definition) is 3. The van der Waals surface area contributed by atoms with E-state index >= 15 is 0 Å². The summed E-state index contributed by atoms with van der Waals surface area (Å²) < 4.78 is 3.11. The zero-order chi connectivity index (χ0) is 9.59. The lowest BCUT2D eigenvalue weighted by Gasteiger charge is -1.99. The van der Waals surface area contributed by atoms with Gasteiger partial charge in [0.15, 0.2) is 0 Å². The highest BCUT2D eigenvalue weighted by Gasteiger charge is 2.05. The van der Waals surface area contributed by atoms with Crippen molar-refractivity contribution in [3.63, 3.8) is 0 Å². The van der Waals surface area contributed by atoms with E-state index in [1.54, 1.807) is 31.6 Å². The molecule has 0 saturated heterocycles. The molecular formula is C8H10N4O. The maximum atomic E-state index is 11.5. The molecule has 2 aromatic rings. The highest BCUT2D eigenvalue weighted by molar-refractivity contribution is 5.29. The van der Waals surface area contributed by atoms with Gasteiger partial charge in [0.1, 0.15) is 5.82 Å². The van der Waals surface area contributed by atoms with Crippen LogP contribution in [0.5, 0.6) is 0 Å². The molecule has 0 amide bonds. The van der Waals surface area contributed by atoms with Crippen LogP contribution >= 0.6 is 0 Å². The second-order valence-electron chi connectivity index (χ2n) is 3.08. The molecule has 0 radical (unpaired) electrons. The molecule has 2 aromatic heterocycles. The summed E-state index contributed by atoms with van der Waals surface area (Å²) in [5.74, 6) is 1.24. The van der Waals surface area contributed by atoms with Crippen LogP contribution in [0.15, 0.2) is 11.0 Å². The SMILES string of the molecule is Cc1nc2n(C)c(=O)c(C)cn2n1. The Labute approximate surface area is 74.6 Å². The van der Waals surface area contributed by atoms with E-state index in [9.17, 15) is 4.79 Å². The molecule has 0 bridgehead atoms. The zero-order valence-electron chi connectivity index (χ0n) is 7.77. The quantitative estimate of drug-likeness (QED) is 0.572. The lowest BCUT2D eigenvalue weighted by atomic mass is 10.4. The standard InChI is InChI=1S/C8H10N4O/c1-5-4-12-8(9-6(2)10-12)11(3)7(5)13/h4H,1-3H3. The van der Waals surface area contributed by atoms with Gasteiger partial charge in [-0.15, -0.1) is 0 Å². The van der Waals surface area contributed by atoms with Crippen LogP contribution in [0.25, 0.3) is 5.78 Å². The lowest BCUT2D eigenvalue weighted by molar-refractivity contribution is 0.798. The highest BCUT2D eigenvalue weighted by atomic mass is 16.1. The first-order valence-corrected chi connectivity index (χ1v) is 3.99. The first-order chi connectivity index (χ1) is 6.09. The second kappa shape index (κ2) is 2.42. The fraction of sp³-hybridized carbons (Fsp3) is 0.375. The molecule has 0 unspecified atom stereocenters.